The first-order valence-corrected chi connectivity index (χ1v) is 4.35. The Balaban J connectivity index is 2.14. The van der Waals surface area contributed by atoms with Crippen LogP contribution in [0.4, 0.5) is 13.2 Å². The Morgan fingerprint density at radius 1 is 1.53 bits per heavy atom. The molecule has 2 rings (SSSR count). The van der Waals surface area contributed by atoms with E-state index in [0.717, 1.165) is 10.6 Å². The number of nitrogens with zero attached hydrogens (tertiary/aromatic N) is 2. The summed E-state index contributed by atoms with van der Waals surface area (Å²) in [7, 11) is 0. The van der Waals surface area contributed by atoms with Crippen LogP contribution in [-0.2, 0) is 17.8 Å². The predicted molar refractivity (Wildman–Crippen MR) is 43.8 cm³/mol. The Kier molecular flexibility index (Phi) is 2.17. The molecule has 1 aliphatic heterocycles. The predicted octanol–water partition coefficient (Wildman–Crippen LogP) is 0.857. The van der Waals surface area contributed by atoms with Crippen molar-refractivity contribution in [2.45, 2.75) is 19.1 Å². The minimum Gasteiger partial charge on any atom is -0.347 e. The number of alkyl halides is 3. The van der Waals surface area contributed by atoms with Crippen LogP contribution in [0.5, 0.6) is 0 Å². The van der Waals surface area contributed by atoms with Gasteiger partial charge in [0.05, 0.1) is 24.3 Å². The van der Waals surface area contributed by atoms with Gasteiger partial charge in [-0.2, -0.15) is 13.2 Å². The summed E-state index contributed by atoms with van der Waals surface area (Å²) < 4.78 is 36.4. The fourth-order valence-electron chi connectivity index (χ4n) is 1.57. The van der Waals surface area contributed by atoms with Gasteiger partial charge in [-0.15, -0.1) is 0 Å². The van der Waals surface area contributed by atoms with E-state index in [2.05, 4.69) is 9.97 Å². The van der Waals surface area contributed by atoms with E-state index < -0.39 is 12.1 Å². The van der Waals surface area contributed by atoms with Gasteiger partial charge in [0.1, 0.15) is 0 Å². The lowest BCUT2D eigenvalue weighted by atomic mass is 10.1. The van der Waals surface area contributed by atoms with Gasteiger partial charge >= 0.3 is 12.1 Å². The Bertz CT molecular complexity index is 385. The number of fused-ring (bicyclic) bond motifs is 1. The van der Waals surface area contributed by atoms with E-state index in [0.29, 0.717) is 12.1 Å². The van der Waals surface area contributed by atoms with Crippen LogP contribution in [-0.4, -0.2) is 33.5 Å². The number of carbonyl (C=O) groups is 1. The summed E-state index contributed by atoms with van der Waals surface area (Å²) in [5.41, 5.74) is 1.32. The largest absolute Gasteiger partial charge is 0.471 e. The van der Waals surface area contributed by atoms with Crippen LogP contribution in [0.3, 0.4) is 0 Å². The first-order chi connectivity index (χ1) is 6.98. The van der Waals surface area contributed by atoms with Gasteiger partial charge < -0.3 is 9.88 Å². The average Bonchev–Trinajstić information content (AvgIpc) is 2.61. The number of hydrogen-bond donors (Lipinski definition) is 1. The number of rotatable bonds is 0. The standard InChI is InChI=1S/C8H8F3N3O/c9-8(10,11)7(15)14-2-1-5-6(3-14)13-4-12-5/h4H,1-3H2,(H,12,13). The van der Waals surface area contributed by atoms with Crippen LogP contribution in [0, 0.1) is 0 Å². The molecule has 0 saturated heterocycles. The lowest BCUT2D eigenvalue weighted by Crippen LogP contribution is -2.43. The molecule has 1 N–H and O–H groups in total. The number of H-pyrrole nitrogens is 1. The molecule has 1 aromatic rings. The molecular formula is C8H8F3N3O. The van der Waals surface area contributed by atoms with Crippen LogP contribution in [0.2, 0.25) is 0 Å². The van der Waals surface area contributed by atoms with Gasteiger partial charge in [0.15, 0.2) is 0 Å². The molecule has 4 nitrogen and oxygen atoms in total. The lowest BCUT2D eigenvalue weighted by molar-refractivity contribution is -0.186. The summed E-state index contributed by atoms with van der Waals surface area (Å²) in [6.45, 7) is 0.0177. The topological polar surface area (TPSA) is 49.0 Å². The molecule has 0 fully saturated rings. The second kappa shape index (κ2) is 3.25. The molecule has 0 aromatic carbocycles. The summed E-state index contributed by atoms with van der Waals surface area (Å²) in [5.74, 6) is -1.79. The SMILES string of the molecule is O=C(N1CCc2nc[nH]c2C1)C(F)(F)F. The molecule has 15 heavy (non-hydrogen) atoms. The van der Waals surface area contributed by atoms with Crippen LogP contribution < -0.4 is 0 Å². The van der Waals surface area contributed by atoms with Gasteiger partial charge in [-0.25, -0.2) is 4.98 Å². The number of amides is 1. The highest BCUT2D eigenvalue weighted by atomic mass is 19.4. The maximum atomic E-state index is 12.1. The molecule has 1 aromatic heterocycles. The molecule has 2 heterocycles. The molecule has 0 unspecified atom stereocenters. The Morgan fingerprint density at radius 3 is 2.93 bits per heavy atom. The molecule has 0 bridgehead atoms. The molecule has 0 saturated carbocycles. The molecular weight excluding hydrogens is 211 g/mol. The average molecular weight is 219 g/mol. The van der Waals surface area contributed by atoms with Gasteiger partial charge in [-0.1, -0.05) is 0 Å². The molecule has 1 aliphatic rings. The maximum Gasteiger partial charge on any atom is 0.471 e. The van der Waals surface area contributed by atoms with E-state index in [-0.39, 0.29) is 13.1 Å². The van der Waals surface area contributed by atoms with E-state index in [4.69, 9.17) is 0 Å². The Labute approximate surface area is 83.1 Å². The second-order valence-corrected chi connectivity index (χ2v) is 3.30. The normalized spacial score (nSPS) is 16.3. The number of aromatic nitrogens is 2. The Hall–Kier alpha value is -1.53. The summed E-state index contributed by atoms with van der Waals surface area (Å²) in [6, 6.07) is 0. The molecule has 0 radical (unpaired) electrons. The zero-order chi connectivity index (χ0) is 11.1. The van der Waals surface area contributed by atoms with Crippen molar-refractivity contribution < 1.29 is 18.0 Å². The second-order valence-electron chi connectivity index (χ2n) is 3.30. The van der Waals surface area contributed by atoms with Crippen molar-refractivity contribution in [1.82, 2.24) is 14.9 Å². The zero-order valence-electron chi connectivity index (χ0n) is 7.64. The van der Waals surface area contributed by atoms with Crippen molar-refractivity contribution in [2.75, 3.05) is 6.54 Å². The molecule has 0 spiro atoms. The monoisotopic (exact) mass is 219 g/mol. The van der Waals surface area contributed by atoms with Gasteiger partial charge in [0, 0.05) is 13.0 Å². The van der Waals surface area contributed by atoms with Crippen LogP contribution in [0.1, 0.15) is 11.4 Å². The van der Waals surface area contributed by atoms with E-state index >= 15 is 0 Å². The summed E-state index contributed by atoms with van der Waals surface area (Å²) >= 11 is 0. The van der Waals surface area contributed by atoms with Crippen molar-refractivity contribution in [3.63, 3.8) is 0 Å². The van der Waals surface area contributed by atoms with Crippen LogP contribution in [0.15, 0.2) is 6.33 Å². The third-order valence-corrected chi connectivity index (χ3v) is 2.30. The van der Waals surface area contributed by atoms with Crippen molar-refractivity contribution in [2.24, 2.45) is 0 Å². The van der Waals surface area contributed by atoms with Crippen LogP contribution in [0.25, 0.3) is 0 Å². The molecule has 0 atom stereocenters. The number of nitrogens with one attached hydrogen (secondary N) is 1. The summed E-state index contributed by atoms with van der Waals surface area (Å²) in [6.07, 6.45) is -3.01. The molecule has 0 aliphatic carbocycles. The summed E-state index contributed by atoms with van der Waals surface area (Å²) in [4.78, 5) is 18.4. The smallest absolute Gasteiger partial charge is 0.347 e. The van der Waals surface area contributed by atoms with Crippen molar-refractivity contribution in [3.05, 3.63) is 17.7 Å². The number of hydrogen-bond acceptors (Lipinski definition) is 2. The number of halogens is 3. The van der Waals surface area contributed by atoms with E-state index in [1.165, 1.54) is 6.33 Å². The van der Waals surface area contributed by atoms with Crippen molar-refractivity contribution >= 4 is 5.91 Å². The Morgan fingerprint density at radius 2 is 2.27 bits per heavy atom. The quantitative estimate of drug-likeness (QED) is 0.703. The van der Waals surface area contributed by atoms with Crippen molar-refractivity contribution in [3.8, 4) is 0 Å². The number of aromatic amines is 1. The molecule has 7 heteroatoms. The van der Waals surface area contributed by atoms with E-state index in [1.54, 1.807) is 0 Å². The van der Waals surface area contributed by atoms with Gasteiger partial charge in [-0.3, -0.25) is 4.79 Å². The summed E-state index contributed by atoms with van der Waals surface area (Å²) in [5, 5.41) is 0. The van der Waals surface area contributed by atoms with Crippen LogP contribution >= 0.6 is 0 Å². The third kappa shape index (κ3) is 1.81. The number of imidazole rings is 1. The fraction of sp³-hybridized carbons (Fsp3) is 0.500. The fourth-order valence-corrected chi connectivity index (χ4v) is 1.57. The number of carbonyl (C=O) groups excluding carboxylic acids is 1. The molecule has 1 amide bonds. The molecule has 82 valence electrons. The first kappa shape index (κ1) is 10.0. The van der Waals surface area contributed by atoms with Gasteiger partial charge in [-0.05, 0) is 0 Å². The highest BCUT2D eigenvalue weighted by molar-refractivity contribution is 5.82. The maximum absolute atomic E-state index is 12.1. The van der Waals surface area contributed by atoms with Crippen molar-refractivity contribution in [1.29, 1.82) is 0 Å². The zero-order valence-corrected chi connectivity index (χ0v) is 7.64. The van der Waals surface area contributed by atoms with E-state index in [1.807, 2.05) is 0 Å². The minimum absolute atomic E-state index is 0.0479. The van der Waals surface area contributed by atoms with Gasteiger partial charge in [0.25, 0.3) is 0 Å². The first-order valence-electron chi connectivity index (χ1n) is 4.35. The minimum atomic E-state index is -4.79. The third-order valence-electron chi connectivity index (χ3n) is 2.30. The van der Waals surface area contributed by atoms with Gasteiger partial charge in [0.2, 0.25) is 0 Å². The highest BCUT2D eigenvalue weighted by Crippen LogP contribution is 2.22. The lowest BCUT2D eigenvalue weighted by Gasteiger charge is -2.26. The highest BCUT2D eigenvalue weighted by Gasteiger charge is 2.43. The van der Waals surface area contributed by atoms with E-state index in [9.17, 15) is 18.0 Å².